The molecule has 1 aliphatic rings. The Hall–Kier alpha value is -5.72. The van der Waals surface area contributed by atoms with Crippen LogP contribution in [0.25, 0.3) is 0 Å². The molecule has 1 N–H and O–H groups in total. The molecule has 6 aromatic carbocycles. The van der Waals surface area contributed by atoms with Gasteiger partial charge in [0, 0.05) is 18.6 Å². The molecule has 0 aromatic heterocycles. The van der Waals surface area contributed by atoms with Gasteiger partial charge < -0.3 is 28.8 Å². The van der Waals surface area contributed by atoms with Crippen molar-refractivity contribution in [3.8, 4) is 28.7 Å². The van der Waals surface area contributed by atoms with Crippen molar-refractivity contribution in [2.45, 2.75) is 52.0 Å². The van der Waals surface area contributed by atoms with E-state index in [9.17, 15) is 5.11 Å². The highest BCUT2D eigenvalue weighted by Gasteiger charge is 2.33. The molecule has 6 heteroatoms. The number of benzene rings is 6. The maximum atomic E-state index is 11.7. The summed E-state index contributed by atoms with van der Waals surface area (Å²) in [5, 5.41) is 11.7. The number of aliphatic hydroxyl groups excluding tert-OH is 1. The normalized spacial score (nSPS) is 15.0. The third-order valence-corrected chi connectivity index (χ3v) is 8.70. The molecule has 0 fully saturated rings. The van der Waals surface area contributed by atoms with Crippen LogP contribution in [0.5, 0.6) is 28.7 Å². The summed E-state index contributed by atoms with van der Waals surface area (Å²) in [6.45, 7) is 3.53. The van der Waals surface area contributed by atoms with Gasteiger partial charge in [-0.05, 0) is 52.4 Å². The zero-order chi connectivity index (χ0) is 34.1. The van der Waals surface area contributed by atoms with Crippen molar-refractivity contribution in [3.63, 3.8) is 0 Å². The van der Waals surface area contributed by atoms with Crippen LogP contribution in [0.15, 0.2) is 146 Å². The van der Waals surface area contributed by atoms with Gasteiger partial charge in [-0.1, -0.05) is 121 Å². The molecule has 0 radical (unpaired) electrons. The van der Waals surface area contributed by atoms with Gasteiger partial charge in [-0.3, -0.25) is 0 Å². The summed E-state index contributed by atoms with van der Waals surface area (Å²) in [5.41, 5.74) is 6.59. The fraction of sp³-hybridized carbons (Fsp3) is 0.182. The van der Waals surface area contributed by atoms with Crippen LogP contribution in [0.1, 0.15) is 57.6 Å². The molecule has 1 aliphatic heterocycles. The molecule has 50 heavy (non-hydrogen) atoms. The second kappa shape index (κ2) is 15.7. The number of aryl methyl sites for hydroxylation is 1. The number of hydrogen-bond acceptors (Lipinski definition) is 6. The van der Waals surface area contributed by atoms with E-state index in [4.69, 9.17) is 23.7 Å². The highest BCUT2D eigenvalue weighted by Crippen LogP contribution is 2.49. The maximum absolute atomic E-state index is 11.7. The molecule has 0 saturated carbocycles. The zero-order valence-electron chi connectivity index (χ0n) is 28.0. The van der Waals surface area contributed by atoms with E-state index >= 15 is 0 Å². The van der Waals surface area contributed by atoms with Crippen molar-refractivity contribution in [1.29, 1.82) is 0 Å². The summed E-state index contributed by atoms with van der Waals surface area (Å²) < 4.78 is 32.1. The minimum Gasteiger partial charge on any atom is -0.489 e. The Labute approximate surface area is 293 Å². The molecule has 2 atom stereocenters. The Morgan fingerprint density at radius 2 is 1.04 bits per heavy atom. The van der Waals surface area contributed by atoms with Crippen LogP contribution in [0.2, 0.25) is 0 Å². The van der Waals surface area contributed by atoms with Gasteiger partial charge in [0.15, 0.2) is 11.5 Å². The molecule has 7 rings (SSSR count). The van der Waals surface area contributed by atoms with Crippen molar-refractivity contribution in [2.24, 2.45) is 0 Å². The third kappa shape index (κ3) is 8.11. The second-order valence-corrected chi connectivity index (χ2v) is 12.5. The highest BCUT2D eigenvalue weighted by molar-refractivity contribution is 5.55. The Morgan fingerprint density at radius 3 is 1.58 bits per heavy atom. The number of hydrogen-bond donors (Lipinski definition) is 1. The van der Waals surface area contributed by atoms with Crippen LogP contribution in [0, 0.1) is 6.92 Å². The largest absolute Gasteiger partial charge is 0.489 e. The fourth-order valence-corrected chi connectivity index (χ4v) is 6.12. The average molecular weight is 665 g/mol. The van der Waals surface area contributed by atoms with E-state index in [-0.39, 0.29) is 0 Å². The van der Waals surface area contributed by atoms with Gasteiger partial charge in [0.25, 0.3) is 0 Å². The van der Waals surface area contributed by atoms with Crippen molar-refractivity contribution < 1.29 is 28.8 Å². The Kier molecular flexibility index (Phi) is 10.3. The smallest absolute Gasteiger partial charge is 0.164 e. The first-order valence-corrected chi connectivity index (χ1v) is 16.9. The van der Waals surface area contributed by atoms with Crippen molar-refractivity contribution in [3.05, 3.63) is 185 Å². The van der Waals surface area contributed by atoms with Gasteiger partial charge in [-0.2, -0.15) is 0 Å². The first kappa shape index (κ1) is 32.8. The van der Waals surface area contributed by atoms with Crippen molar-refractivity contribution >= 4 is 0 Å². The monoisotopic (exact) mass is 664 g/mol. The lowest BCUT2D eigenvalue weighted by atomic mass is 9.93. The summed E-state index contributed by atoms with van der Waals surface area (Å²) in [7, 11) is 0. The predicted octanol–water partition coefficient (Wildman–Crippen LogP) is 9.87. The van der Waals surface area contributed by atoms with Crippen LogP contribution >= 0.6 is 0 Å². The number of aliphatic hydroxyl groups is 1. The fourth-order valence-electron chi connectivity index (χ4n) is 6.12. The average Bonchev–Trinajstić information content (AvgIpc) is 3.16. The molecule has 1 heterocycles. The minimum absolute atomic E-state index is 0.334. The lowest BCUT2D eigenvalue weighted by molar-refractivity contribution is 0.0616. The van der Waals surface area contributed by atoms with E-state index in [0.717, 1.165) is 33.4 Å². The van der Waals surface area contributed by atoms with Crippen molar-refractivity contribution in [2.75, 3.05) is 0 Å². The second-order valence-electron chi connectivity index (χ2n) is 12.5. The van der Waals surface area contributed by atoms with Crippen LogP contribution in [-0.2, 0) is 26.4 Å². The molecule has 0 amide bonds. The van der Waals surface area contributed by atoms with Crippen LogP contribution in [0.4, 0.5) is 0 Å². The molecular weight excluding hydrogens is 624 g/mol. The quantitative estimate of drug-likeness (QED) is 0.133. The lowest BCUT2D eigenvalue weighted by Crippen LogP contribution is -2.20. The van der Waals surface area contributed by atoms with E-state index < -0.39 is 12.2 Å². The van der Waals surface area contributed by atoms with E-state index in [1.54, 1.807) is 0 Å². The van der Waals surface area contributed by atoms with Gasteiger partial charge in [-0.25, -0.2) is 0 Å². The highest BCUT2D eigenvalue weighted by atomic mass is 16.5. The molecule has 0 bridgehead atoms. The molecular formula is C44H40O6. The van der Waals surface area contributed by atoms with E-state index in [2.05, 4.69) is 6.07 Å². The standard InChI is InChI=1S/C44H40O6/c1-31-22-36(23-42(48-29-34-18-10-4-11-19-34)44(31)49-30-35-20-12-5-13-21-35)39-26-38(45)43-40(47-28-33-16-8-3-9-17-33)24-37(25-41(43)50-39)46-27-32-14-6-2-7-15-32/h2-25,38-39,45H,26-30H2,1H3/t38?,39-/m0/s1. The van der Waals surface area contributed by atoms with Gasteiger partial charge in [0.2, 0.25) is 0 Å². The first-order chi connectivity index (χ1) is 24.6. The number of fused-ring (bicyclic) bond motifs is 1. The Morgan fingerprint density at radius 1 is 0.560 bits per heavy atom. The SMILES string of the molecule is Cc1cc([C@@H]2CC(O)c3c(OCc4ccccc4)cc(OCc4ccccc4)cc3O2)cc(OCc2ccccc2)c1OCc1ccccc1. The first-order valence-electron chi connectivity index (χ1n) is 16.9. The molecule has 0 aliphatic carbocycles. The Bertz CT molecular complexity index is 1980. The minimum atomic E-state index is -0.833. The summed E-state index contributed by atoms with van der Waals surface area (Å²) in [5.74, 6) is 2.95. The maximum Gasteiger partial charge on any atom is 0.164 e. The number of ether oxygens (including phenoxy) is 5. The van der Waals surface area contributed by atoms with E-state index in [0.29, 0.717) is 67.2 Å². The van der Waals surface area contributed by atoms with Crippen LogP contribution in [0.3, 0.4) is 0 Å². The van der Waals surface area contributed by atoms with Crippen molar-refractivity contribution in [1.82, 2.24) is 0 Å². The molecule has 0 spiro atoms. The van der Waals surface area contributed by atoms with E-state index in [1.165, 1.54) is 0 Å². The zero-order valence-corrected chi connectivity index (χ0v) is 28.0. The van der Waals surface area contributed by atoms with Crippen LogP contribution < -0.4 is 23.7 Å². The third-order valence-electron chi connectivity index (χ3n) is 8.70. The molecule has 0 saturated heterocycles. The van der Waals surface area contributed by atoms with Crippen LogP contribution in [-0.4, -0.2) is 5.11 Å². The van der Waals surface area contributed by atoms with Gasteiger partial charge in [-0.15, -0.1) is 0 Å². The summed E-state index contributed by atoms with van der Waals surface area (Å²) in [6, 6.07) is 47.8. The lowest BCUT2D eigenvalue weighted by Gasteiger charge is -2.32. The molecule has 1 unspecified atom stereocenters. The summed E-state index contributed by atoms with van der Waals surface area (Å²) >= 11 is 0. The molecule has 252 valence electrons. The van der Waals surface area contributed by atoms with Gasteiger partial charge in [0.1, 0.15) is 49.8 Å². The molecule has 6 aromatic rings. The van der Waals surface area contributed by atoms with E-state index in [1.807, 2.05) is 146 Å². The summed E-state index contributed by atoms with van der Waals surface area (Å²) in [6.07, 6.45) is -0.953. The Balaban J connectivity index is 1.19. The summed E-state index contributed by atoms with van der Waals surface area (Å²) in [4.78, 5) is 0. The van der Waals surface area contributed by atoms with Gasteiger partial charge in [0.05, 0.1) is 11.7 Å². The van der Waals surface area contributed by atoms with Gasteiger partial charge >= 0.3 is 0 Å². The number of rotatable bonds is 13. The molecule has 6 nitrogen and oxygen atoms in total. The topological polar surface area (TPSA) is 66.4 Å². The predicted molar refractivity (Wildman–Crippen MR) is 194 cm³/mol.